The van der Waals surface area contributed by atoms with E-state index in [0.717, 1.165) is 12.8 Å². The predicted molar refractivity (Wildman–Crippen MR) is 133 cm³/mol. The average Bonchev–Trinajstić information content (AvgIpc) is 2.76. The van der Waals surface area contributed by atoms with E-state index in [4.69, 9.17) is 4.74 Å². The van der Waals surface area contributed by atoms with Crippen molar-refractivity contribution in [3.05, 3.63) is 29.8 Å². The maximum absolute atomic E-state index is 13.9. The number of aromatic hydroxyl groups is 1. The van der Waals surface area contributed by atoms with Crippen LogP contribution < -0.4 is 10.6 Å². The molecule has 0 aliphatic carbocycles. The van der Waals surface area contributed by atoms with E-state index in [1.807, 2.05) is 27.7 Å². The molecule has 0 saturated carbocycles. The molecule has 1 rings (SSSR count). The smallest absolute Gasteiger partial charge is 0.408 e. The molecular formula is C26H43N3O5. The molecule has 34 heavy (non-hydrogen) atoms. The quantitative estimate of drug-likeness (QED) is 0.383. The number of benzene rings is 1. The predicted octanol–water partition coefficient (Wildman–Crippen LogP) is 4.53. The van der Waals surface area contributed by atoms with Gasteiger partial charge in [0, 0.05) is 13.1 Å². The number of unbranched alkanes of at least 4 members (excludes halogenated alkanes) is 1. The summed E-state index contributed by atoms with van der Waals surface area (Å²) in [6, 6.07) is 4.55. The summed E-state index contributed by atoms with van der Waals surface area (Å²) >= 11 is 0. The van der Waals surface area contributed by atoms with Gasteiger partial charge in [-0.15, -0.1) is 0 Å². The number of nitrogens with one attached hydrogen (secondary N) is 2. The lowest BCUT2D eigenvalue weighted by atomic mass is 9.95. The van der Waals surface area contributed by atoms with Gasteiger partial charge in [0.25, 0.3) is 0 Å². The number of hydrogen-bond donors (Lipinski definition) is 3. The van der Waals surface area contributed by atoms with E-state index in [0.29, 0.717) is 31.5 Å². The SMILES string of the molecule is CCCCNC(=O)C(c1ccc(O)cc1)N(CCC)C(=O)C(NC(=O)OC(C)(C)C)C(C)CC. The Balaban J connectivity index is 3.37. The van der Waals surface area contributed by atoms with Gasteiger partial charge < -0.3 is 25.4 Å². The number of ether oxygens (including phenoxy) is 1. The lowest BCUT2D eigenvalue weighted by Gasteiger charge is -2.36. The second-order valence-electron chi connectivity index (χ2n) is 9.68. The van der Waals surface area contributed by atoms with Crippen molar-refractivity contribution in [3.8, 4) is 5.75 Å². The summed E-state index contributed by atoms with van der Waals surface area (Å²) in [5.74, 6) is -0.735. The molecule has 192 valence electrons. The van der Waals surface area contributed by atoms with E-state index < -0.39 is 23.8 Å². The zero-order valence-electron chi connectivity index (χ0n) is 21.8. The normalized spacial score (nSPS) is 14.0. The summed E-state index contributed by atoms with van der Waals surface area (Å²) in [4.78, 5) is 41.3. The largest absolute Gasteiger partial charge is 0.508 e. The first-order valence-electron chi connectivity index (χ1n) is 12.3. The molecule has 0 spiro atoms. The third-order valence-electron chi connectivity index (χ3n) is 5.50. The number of amides is 3. The summed E-state index contributed by atoms with van der Waals surface area (Å²) in [6.45, 7) is 13.9. The summed E-state index contributed by atoms with van der Waals surface area (Å²) in [5, 5.41) is 15.4. The Morgan fingerprint density at radius 3 is 2.18 bits per heavy atom. The molecule has 0 aliphatic rings. The van der Waals surface area contributed by atoms with Crippen LogP contribution in [0.25, 0.3) is 0 Å². The zero-order valence-corrected chi connectivity index (χ0v) is 21.8. The Bertz CT molecular complexity index is 789. The second-order valence-corrected chi connectivity index (χ2v) is 9.68. The molecule has 8 nitrogen and oxygen atoms in total. The Labute approximate surface area is 204 Å². The number of alkyl carbamates (subject to hydrolysis) is 1. The molecule has 0 bridgehead atoms. The average molecular weight is 478 g/mol. The van der Waals surface area contributed by atoms with Crippen molar-refractivity contribution in [3.63, 3.8) is 0 Å². The van der Waals surface area contributed by atoms with Gasteiger partial charge in [-0.05, 0) is 57.2 Å². The monoisotopic (exact) mass is 477 g/mol. The number of hydrogen-bond acceptors (Lipinski definition) is 5. The zero-order chi connectivity index (χ0) is 25.9. The number of rotatable bonds is 12. The summed E-state index contributed by atoms with van der Waals surface area (Å²) < 4.78 is 5.40. The number of phenolic OH excluding ortho intramolecular Hbond substituents is 1. The van der Waals surface area contributed by atoms with E-state index in [-0.39, 0.29) is 23.5 Å². The molecule has 0 saturated heterocycles. The molecule has 0 fully saturated rings. The van der Waals surface area contributed by atoms with Crippen LogP contribution in [0.5, 0.6) is 5.75 Å². The fourth-order valence-corrected chi connectivity index (χ4v) is 3.52. The van der Waals surface area contributed by atoms with Crippen LogP contribution in [0, 0.1) is 5.92 Å². The summed E-state index contributed by atoms with van der Waals surface area (Å²) in [7, 11) is 0. The molecule has 3 atom stereocenters. The minimum absolute atomic E-state index is 0.0753. The van der Waals surface area contributed by atoms with Crippen LogP contribution in [0.3, 0.4) is 0 Å². The Hall–Kier alpha value is -2.77. The lowest BCUT2D eigenvalue weighted by Crippen LogP contribution is -2.55. The molecule has 0 radical (unpaired) electrons. The molecule has 1 aromatic carbocycles. The van der Waals surface area contributed by atoms with Gasteiger partial charge in [-0.1, -0.05) is 52.7 Å². The molecule has 1 aromatic rings. The van der Waals surface area contributed by atoms with Gasteiger partial charge >= 0.3 is 6.09 Å². The van der Waals surface area contributed by atoms with Gasteiger partial charge in [-0.2, -0.15) is 0 Å². The highest BCUT2D eigenvalue weighted by molar-refractivity contribution is 5.92. The maximum Gasteiger partial charge on any atom is 0.408 e. The number of phenols is 1. The van der Waals surface area contributed by atoms with Gasteiger partial charge in [0.05, 0.1) is 0 Å². The second kappa shape index (κ2) is 13.8. The lowest BCUT2D eigenvalue weighted by molar-refractivity contribution is -0.143. The van der Waals surface area contributed by atoms with Crippen LogP contribution in [0.1, 0.15) is 85.8 Å². The van der Waals surface area contributed by atoms with Crippen LogP contribution in [-0.4, -0.2) is 52.6 Å². The molecule has 8 heteroatoms. The minimum Gasteiger partial charge on any atom is -0.508 e. The van der Waals surface area contributed by atoms with Crippen molar-refractivity contribution >= 4 is 17.9 Å². The molecule has 3 amide bonds. The van der Waals surface area contributed by atoms with Crippen molar-refractivity contribution < 1.29 is 24.2 Å². The van der Waals surface area contributed by atoms with Gasteiger partial charge in [-0.25, -0.2) is 4.79 Å². The Morgan fingerprint density at radius 2 is 1.68 bits per heavy atom. The van der Waals surface area contributed by atoms with Gasteiger partial charge in [0.15, 0.2) is 0 Å². The van der Waals surface area contributed by atoms with Crippen LogP contribution >= 0.6 is 0 Å². The van der Waals surface area contributed by atoms with Crippen LogP contribution in [-0.2, 0) is 14.3 Å². The van der Waals surface area contributed by atoms with Gasteiger partial charge in [-0.3, -0.25) is 9.59 Å². The van der Waals surface area contributed by atoms with Crippen LogP contribution in [0.2, 0.25) is 0 Å². The van der Waals surface area contributed by atoms with E-state index >= 15 is 0 Å². The molecule has 0 aliphatic heterocycles. The van der Waals surface area contributed by atoms with Crippen LogP contribution in [0.4, 0.5) is 4.79 Å². The Morgan fingerprint density at radius 1 is 1.06 bits per heavy atom. The summed E-state index contributed by atoms with van der Waals surface area (Å²) in [5.41, 5.74) is -0.113. The van der Waals surface area contributed by atoms with Crippen molar-refractivity contribution in [1.82, 2.24) is 15.5 Å². The third kappa shape index (κ3) is 9.23. The fourth-order valence-electron chi connectivity index (χ4n) is 3.52. The highest BCUT2D eigenvalue weighted by Gasteiger charge is 2.37. The van der Waals surface area contributed by atoms with Crippen molar-refractivity contribution in [2.75, 3.05) is 13.1 Å². The fraction of sp³-hybridized carbons (Fsp3) is 0.654. The highest BCUT2D eigenvalue weighted by atomic mass is 16.6. The number of nitrogens with zero attached hydrogens (tertiary/aromatic N) is 1. The molecular weight excluding hydrogens is 434 g/mol. The first kappa shape index (κ1) is 29.3. The molecule has 0 aromatic heterocycles. The molecule has 3 unspecified atom stereocenters. The first-order valence-corrected chi connectivity index (χ1v) is 12.3. The standard InChI is InChI=1S/C26H43N3O5/c1-8-11-16-27-23(31)22(19-12-14-20(30)15-13-19)29(17-9-2)24(32)21(18(4)10-3)28-25(33)34-26(5,6)7/h12-15,18,21-22,30H,8-11,16-17H2,1-7H3,(H,27,31)(H,28,33). The van der Waals surface area contributed by atoms with Crippen molar-refractivity contribution in [2.45, 2.75) is 91.8 Å². The third-order valence-corrected chi connectivity index (χ3v) is 5.50. The number of carbonyl (C=O) groups is 3. The maximum atomic E-state index is 13.9. The molecule has 3 N–H and O–H groups in total. The summed E-state index contributed by atoms with van der Waals surface area (Å²) in [6.07, 6.45) is 2.36. The molecule has 0 heterocycles. The topological polar surface area (TPSA) is 108 Å². The number of carbonyl (C=O) groups excluding carboxylic acids is 3. The van der Waals surface area contributed by atoms with Crippen molar-refractivity contribution in [2.24, 2.45) is 5.92 Å². The van der Waals surface area contributed by atoms with Gasteiger partial charge in [0.1, 0.15) is 23.4 Å². The Kier molecular flexibility index (Phi) is 11.9. The van der Waals surface area contributed by atoms with E-state index in [1.54, 1.807) is 32.9 Å². The highest BCUT2D eigenvalue weighted by Crippen LogP contribution is 2.26. The van der Waals surface area contributed by atoms with E-state index in [2.05, 4.69) is 10.6 Å². The van der Waals surface area contributed by atoms with Crippen molar-refractivity contribution in [1.29, 1.82) is 0 Å². The van der Waals surface area contributed by atoms with E-state index in [9.17, 15) is 19.5 Å². The minimum atomic E-state index is -0.892. The van der Waals surface area contributed by atoms with E-state index in [1.165, 1.54) is 17.0 Å². The van der Waals surface area contributed by atoms with Gasteiger partial charge in [0.2, 0.25) is 11.8 Å². The van der Waals surface area contributed by atoms with Crippen LogP contribution in [0.15, 0.2) is 24.3 Å². The first-order chi connectivity index (χ1) is 15.9.